The molecule has 0 saturated heterocycles. The molecule has 6 heteroatoms. The summed E-state index contributed by atoms with van der Waals surface area (Å²) in [6.07, 6.45) is 0. The van der Waals surface area contributed by atoms with Gasteiger partial charge in [-0.15, -0.1) is 0 Å². The third-order valence-electron chi connectivity index (χ3n) is 11.3. The minimum atomic E-state index is -2.94. The fourth-order valence-electron chi connectivity index (χ4n) is 8.64. The molecule has 1 aliphatic rings. The van der Waals surface area contributed by atoms with E-state index in [4.69, 9.17) is 19.9 Å². The van der Waals surface area contributed by atoms with Gasteiger partial charge in [-0.25, -0.2) is 19.9 Å². The summed E-state index contributed by atoms with van der Waals surface area (Å²) in [5, 5.41) is 3.82. The molecule has 10 aromatic rings. The summed E-state index contributed by atoms with van der Waals surface area (Å²) in [5.41, 5.74) is 11.7. The van der Waals surface area contributed by atoms with E-state index in [0.717, 1.165) is 55.4 Å². The van der Waals surface area contributed by atoms with Crippen LogP contribution < -0.4 is 21.0 Å². The molecule has 2 aromatic heterocycles. The summed E-state index contributed by atoms with van der Waals surface area (Å²) in [7, 11) is -2.94. The van der Waals surface area contributed by atoms with Crippen LogP contribution in [0.3, 0.4) is 0 Å². The van der Waals surface area contributed by atoms with E-state index >= 15 is 0 Å². The topological polar surface area (TPSA) is 56.5 Å². The Labute approximate surface area is 337 Å². The Balaban J connectivity index is 1.13. The molecule has 0 N–H and O–H groups in total. The molecule has 1 unspecified atom stereocenters. The van der Waals surface area contributed by atoms with Gasteiger partial charge in [0, 0.05) is 22.4 Å². The van der Waals surface area contributed by atoms with Crippen LogP contribution in [0, 0.1) is 0 Å². The molecule has 0 saturated carbocycles. The van der Waals surface area contributed by atoms with Crippen LogP contribution in [0.15, 0.2) is 212 Å². The predicted octanol–water partition coefficient (Wildman–Crippen LogP) is 9.24. The highest BCUT2D eigenvalue weighted by molar-refractivity contribution is 7.20. The second kappa shape index (κ2) is 13.9. The minimum Gasteiger partial charge on any atom is -0.299 e. The number of fused-ring (bicyclic) bond motifs is 5. The van der Waals surface area contributed by atoms with Gasteiger partial charge in [0.15, 0.2) is 17.5 Å². The SMILES string of the molecule is c1ccc(-c2cccc(-c3nc(-c4cccc(-c5ccccc5)c4)nc(-c4cccc([Si]5(c6ccccc6)c6ccccc6-n6c5nc5ccccc56)c4)n3)c2)cc1. The first kappa shape index (κ1) is 33.8. The lowest BCUT2D eigenvalue weighted by Gasteiger charge is -2.28. The maximum Gasteiger partial charge on any atom is 0.226 e. The van der Waals surface area contributed by atoms with Gasteiger partial charge in [-0.05, 0) is 68.1 Å². The Kier molecular flexibility index (Phi) is 8.08. The Morgan fingerprint density at radius 3 is 1.40 bits per heavy atom. The summed E-state index contributed by atoms with van der Waals surface area (Å²) >= 11 is 0. The van der Waals surface area contributed by atoms with Crippen LogP contribution in [0.5, 0.6) is 0 Å². The van der Waals surface area contributed by atoms with Crippen LogP contribution in [0.2, 0.25) is 0 Å². The maximum atomic E-state index is 5.47. The average Bonchev–Trinajstić information content (AvgIpc) is 3.83. The summed E-state index contributed by atoms with van der Waals surface area (Å²) < 4.78 is 2.40. The fourth-order valence-corrected chi connectivity index (χ4v) is 13.6. The number of para-hydroxylation sites is 3. The van der Waals surface area contributed by atoms with Crippen LogP contribution in [-0.2, 0) is 0 Å². The lowest BCUT2D eigenvalue weighted by molar-refractivity contribution is 1.07. The van der Waals surface area contributed by atoms with Gasteiger partial charge in [0.25, 0.3) is 0 Å². The number of rotatable bonds is 7. The van der Waals surface area contributed by atoms with E-state index in [1.165, 1.54) is 21.2 Å². The first-order valence-electron chi connectivity index (χ1n) is 19.6. The van der Waals surface area contributed by atoms with Gasteiger partial charge >= 0.3 is 0 Å². The zero-order chi connectivity index (χ0) is 38.5. The number of hydrogen-bond acceptors (Lipinski definition) is 4. The molecule has 1 atom stereocenters. The molecule has 0 bridgehead atoms. The Hall–Kier alpha value is -7.54. The van der Waals surface area contributed by atoms with Crippen LogP contribution in [0.4, 0.5) is 0 Å². The van der Waals surface area contributed by atoms with Gasteiger partial charge in [0.2, 0.25) is 8.07 Å². The van der Waals surface area contributed by atoms with Crippen LogP contribution in [-0.4, -0.2) is 32.6 Å². The molecular weight excluding hydrogens is 723 g/mol. The van der Waals surface area contributed by atoms with E-state index in [1.54, 1.807) is 0 Å². The van der Waals surface area contributed by atoms with Crippen molar-refractivity contribution in [1.29, 1.82) is 0 Å². The van der Waals surface area contributed by atoms with E-state index in [1.807, 2.05) is 12.1 Å². The van der Waals surface area contributed by atoms with Crippen molar-refractivity contribution < 1.29 is 0 Å². The number of aromatic nitrogens is 5. The lowest BCUT2D eigenvalue weighted by atomic mass is 10.0. The van der Waals surface area contributed by atoms with E-state index in [0.29, 0.717) is 17.5 Å². The van der Waals surface area contributed by atoms with Crippen molar-refractivity contribution in [2.24, 2.45) is 0 Å². The fraction of sp³-hybridized carbons (Fsp3) is 0. The molecule has 0 radical (unpaired) electrons. The molecular formula is C52H35N5Si. The summed E-state index contributed by atoms with van der Waals surface area (Å²) in [4.78, 5) is 21.2. The monoisotopic (exact) mass is 757 g/mol. The van der Waals surface area contributed by atoms with Gasteiger partial charge in [-0.2, -0.15) is 0 Å². The third-order valence-corrected chi connectivity index (χ3v) is 15.9. The molecule has 272 valence electrons. The molecule has 5 nitrogen and oxygen atoms in total. The number of hydrogen-bond donors (Lipinski definition) is 0. The van der Waals surface area contributed by atoms with Crippen molar-refractivity contribution >= 4 is 40.1 Å². The van der Waals surface area contributed by atoms with Crippen molar-refractivity contribution in [2.75, 3.05) is 0 Å². The third kappa shape index (κ3) is 5.53. The number of imidazole rings is 1. The van der Waals surface area contributed by atoms with Gasteiger partial charge in [0.05, 0.1) is 11.0 Å². The van der Waals surface area contributed by atoms with Gasteiger partial charge < -0.3 is 0 Å². The highest BCUT2D eigenvalue weighted by Crippen LogP contribution is 2.31. The summed E-state index contributed by atoms with van der Waals surface area (Å²) in [6.45, 7) is 0. The first-order chi connectivity index (χ1) is 28.7. The smallest absolute Gasteiger partial charge is 0.226 e. The molecule has 3 heterocycles. The first-order valence-corrected chi connectivity index (χ1v) is 21.6. The van der Waals surface area contributed by atoms with Crippen molar-refractivity contribution in [1.82, 2.24) is 24.5 Å². The van der Waals surface area contributed by atoms with E-state index in [-0.39, 0.29) is 0 Å². The van der Waals surface area contributed by atoms with Gasteiger partial charge in [-0.1, -0.05) is 182 Å². The molecule has 8 aromatic carbocycles. The quantitative estimate of drug-likeness (QED) is 0.152. The Morgan fingerprint density at radius 2 is 0.776 bits per heavy atom. The highest BCUT2D eigenvalue weighted by Gasteiger charge is 2.51. The molecule has 0 fully saturated rings. The Bertz CT molecular complexity index is 3020. The zero-order valence-electron chi connectivity index (χ0n) is 31.4. The molecule has 0 aliphatic carbocycles. The summed E-state index contributed by atoms with van der Waals surface area (Å²) in [5.74, 6) is 1.86. The van der Waals surface area contributed by atoms with Crippen LogP contribution >= 0.6 is 0 Å². The second-order valence-electron chi connectivity index (χ2n) is 14.7. The average molecular weight is 758 g/mol. The predicted molar refractivity (Wildman–Crippen MR) is 239 cm³/mol. The largest absolute Gasteiger partial charge is 0.299 e. The second-order valence-corrected chi connectivity index (χ2v) is 18.3. The van der Waals surface area contributed by atoms with Gasteiger partial charge in [-0.3, -0.25) is 4.57 Å². The van der Waals surface area contributed by atoms with Crippen LogP contribution in [0.1, 0.15) is 0 Å². The molecule has 0 amide bonds. The minimum absolute atomic E-state index is 0.620. The van der Waals surface area contributed by atoms with Crippen molar-refractivity contribution in [3.8, 4) is 62.1 Å². The van der Waals surface area contributed by atoms with Crippen molar-refractivity contribution in [2.45, 2.75) is 0 Å². The van der Waals surface area contributed by atoms with E-state index in [2.05, 4.69) is 205 Å². The highest BCUT2D eigenvalue weighted by atomic mass is 28.3. The molecule has 11 rings (SSSR count). The molecule has 0 spiro atoms. The van der Waals surface area contributed by atoms with Crippen molar-refractivity contribution in [3.63, 3.8) is 0 Å². The summed E-state index contributed by atoms with van der Waals surface area (Å²) in [6, 6.07) is 75.0. The molecule has 1 aliphatic heterocycles. The molecule has 58 heavy (non-hydrogen) atoms. The van der Waals surface area contributed by atoms with Crippen LogP contribution in [0.25, 0.3) is 73.1 Å². The number of benzene rings is 8. The number of nitrogens with zero attached hydrogens (tertiary/aromatic N) is 5. The standard InChI is InChI=1S/C52H35N5Si/c1-4-17-36(18-5-1)38-21-14-23-40(33-38)49-54-50(41-24-15-22-39(34-41)37-19-6-2-7-20-37)56-51(55-49)42-25-16-28-44(35-42)58(43-26-8-3-9-27-43)48-32-13-12-31-47(48)57-46-30-11-10-29-45(46)53-52(57)58/h1-35H. The lowest BCUT2D eigenvalue weighted by Crippen LogP contribution is -2.73. The van der Waals surface area contributed by atoms with E-state index in [9.17, 15) is 0 Å². The van der Waals surface area contributed by atoms with Gasteiger partial charge in [0.1, 0.15) is 5.45 Å². The van der Waals surface area contributed by atoms with Crippen molar-refractivity contribution in [3.05, 3.63) is 212 Å². The normalized spacial score (nSPS) is 14.3. The zero-order valence-corrected chi connectivity index (χ0v) is 32.4. The maximum absolute atomic E-state index is 5.47. The van der Waals surface area contributed by atoms with E-state index < -0.39 is 8.07 Å². The Morgan fingerprint density at radius 1 is 0.328 bits per heavy atom.